The van der Waals surface area contributed by atoms with E-state index >= 15 is 4.39 Å². The van der Waals surface area contributed by atoms with Gasteiger partial charge in [0.2, 0.25) is 0 Å². The van der Waals surface area contributed by atoms with E-state index in [1.807, 2.05) is 47.5 Å². The fraction of sp³-hybridized carbons (Fsp3) is 0.281. The normalized spacial score (nSPS) is 15.0. The van der Waals surface area contributed by atoms with E-state index in [0.29, 0.717) is 40.2 Å². The number of hydrogen-bond donors (Lipinski definition) is 1. The zero-order chi connectivity index (χ0) is 29.8. The van der Waals surface area contributed by atoms with Crippen LogP contribution in [0.15, 0.2) is 53.1 Å². The Balaban J connectivity index is 1.53. The standard InChI is InChI=1S/C32H30F2N6O3/c1-17-26-16-24(38-40(26)9-8-35-17)31-28(29-22(34)14-20(33)15-27(29)42-12-11-41-4)21-7-10-43-32(21)30(37-31)19-5-6-25-23(13-19)36-18(2)39(25)3/h5-7,10,13-17,35H,8-9,11-12H2,1-4H3. The fourth-order valence-corrected chi connectivity index (χ4v) is 5.84. The van der Waals surface area contributed by atoms with Crippen LogP contribution in [0.4, 0.5) is 8.78 Å². The van der Waals surface area contributed by atoms with Crippen LogP contribution in [0, 0.1) is 18.6 Å². The number of pyridine rings is 1. The molecule has 0 aliphatic carbocycles. The molecule has 7 rings (SSSR count). The fourth-order valence-electron chi connectivity index (χ4n) is 5.84. The van der Waals surface area contributed by atoms with Crippen molar-refractivity contribution in [2.45, 2.75) is 26.4 Å². The monoisotopic (exact) mass is 584 g/mol. The Morgan fingerprint density at radius 1 is 1.05 bits per heavy atom. The average Bonchev–Trinajstić information content (AvgIpc) is 3.71. The van der Waals surface area contributed by atoms with Crippen LogP contribution in [-0.4, -0.2) is 51.2 Å². The molecule has 1 unspecified atom stereocenters. The SMILES string of the molecule is COCCOc1cc(F)cc(F)c1-c1c(-c2cc3n(n2)CCNC3C)nc(-c2ccc3c(c2)nc(C)n3C)c2occc12. The minimum atomic E-state index is -0.782. The van der Waals surface area contributed by atoms with Crippen LogP contribution in [0.3, 0.4) is 0 Å². The molecule has 0 fully saturated rings. The van der Waals surface area contributed by atoms with E-state index in [0.717, 1.165) is 40.7 Å². The van der Waals surface area contributed by atoms with Crippen LogP contribution in [0.2, 0.25) is 0 Å². The molecule has 43 heavy (non-hydrogen) atoms. The average molecular weight is 585 g/mol. The van der Waals surface area contributed by atoms with E-state index in [4.69, 9.17) is 29.0 Å². The molecule has 0 radical (unpaired) electrons. The van der Waals surface area contributed by atoms with Gasteiger partial charge in [0, 0.05) is 55.4 Å². The van der Waals surface area contributed by atoms with Crippen molar-refractivity contribution in [1.82, 2.24) is 29.6 Å². The van der Waals surface area contributed by atoms with Crippen molar-refractivity contribution in [3.05, 3.63) is 71.9 Å². The molecule has 1 atom stereocenters. The molecule has 11 heteroatoms. The molecule has 4 aromatic heterocycles. The molecule has 1 N–H and O–H groups in total. The molecular formula is C32H30F2N6O3. The highest BCUT2D eigenvalue weighted by Gasteiger charge is 2.29. The number of rotatable bonds is 7. The van der Waals surface area contributed by atoms with E-state index in [1.54, 1.807) is 12.3 Å². The molecular weight excluding hydrogens is 554 g/mol. The van der Waals surface area contributed by atoms with Gasteiger partial charge in [0.1, 0.15) is 46.9 Å². The van der Waals surface area contributed by atoms with E-state index in [2.05, 4.69) is 12.2 Å². The van der Waals surface area contributed by atoms with Crippen LogP contribution in [-0.2, 0) is 18.3 Å². The Bertz CT molecular complexity index is 2010. The topological polar surface area (TPSA) is 92.2 Å². The lowest BCUT2D eigenvalue weighted by Gasteiger charge is -2.21. The van der Waals surface area contributed by atoms with Gasteiger partial charge in [0.05, 0.1) is 41.7 Å². The number of methoxy groups -OCH3 is 1. The van der Waals surface area contributed by atoms with Crippen molar-refractivity contribution in [2.75, 3.05) is 26.9 Å². The molecule has 6 aromatic rings. The second kappa shape index (κ2) is 10.6. The number of aromatic nitrogens is 5. The first-order valence-corrected chi connectivity index (χ1v) is 14.1. The third kappa shape index (κ3) is 4.56. The zero-order valence-electron chi connectivity index (χ0n) is 24.2. The highest BCUT2D eigenvalue weighted by molar-refractivity contribution is 6.07. The van der Waals surface area contributed by atoms with Crippen molar-refractivity contribution in [3.8, 4) is 39.5 Å². The maximum absolute atomic E-state index is 15.9. The van der Waals surface area contributed by atoms with Crippen LogP contribution < -0.4 is 10.1 Å². The van der Waals surface area contributed by atoms with Gasteiger partial charge < -0.3 is 23.8 Å². The van der Waals surface area contributed by atoms with Gasteiger partial charge in [-0.05, 0) is 38.1 Å². The Morgan fingerprint density at radius 2 is 1.91 bits per heavy atom. The Kier molecular flexibility index (Phi) is 6.71. The summed E-state index contributed by atoms with van der Waals surface area (Å²) in [6, 6.07) is 11.8. The quantitative estimate of drug-likeness (QED) is 0.224. The third-order valence-corrected chi connectivity index (χ3v) is 8.07. The van der Waals surface area contributed by atoms with E-state index < -0.39 is 11.6 Å². The number of fused-ring (bicyclic) bond motifs is 3. The van der Waals surface area contributed by atoms with Gasteiger partial charge in [-0.1, -0.05) is 6.07 Å². The predicted molar refractivity (Wildman–Crippen MR) is 159 cm³/mol. The summed E-state index contributed by atoms with van der Waals surface area (Å²) < 4.78 is 51.4. The second-order valence-electron chi connectivity index (χ2n) is 10.7. The van der Waals surface area contributed by atoms with E-state index in [1.165, 1.54) is 13.2 Å². The summed E-state index contributed by atoms with van der Waals surface area (Å²) in [6.45, 7) is 5.83. The molecule has 0 bridgehead atoms. The Morgan fingerprint density at radius 3 is 2.72 bits per heavy atom. The molecule has 9 nitrogen and oxygen atoms in total. The molecule has 1 aliphatic heterocycles. The summed E-state index contributed by atoms with van der Waals surface area (Å²) in [5.74, 6) is -0.606. The summed E-state index contributed by atoms with van der Waals surface area (Å²) in [7, 11) is 3.51. The van der Waals surface area contributed by atoms with Crippen molar-refractivity contribution in [2.24, 2.45) is 7.05 Å². The molecule has 0 saturated heterocycles. The second-order valence-corrected chi connectivity index (χ2v) is 10.7. The van der Waals surface area contributed by atoms with Crippen LogP contribution in [0.1, 0.15) is 24.5 Å². The van der Waals surface area contributed by atoms with Gasteiger partial charge in [0.15, 0.2) is 5.58 Å². The first-order valence-electron chi connectivity index (χ1n) is 14.1. The van der Waals surface area contributed by atoms with Crippen molar-refractivity contribution in [3.63, 3.8) is 0 Å². The largest absolute Gasteiger partial charge is 0.490 e. The first kappa shape index (κ1) is 27.2. The summed E-state index contributed by atoms with van der Waals surface area (Å²) in [5.41, 5.74) is 6.07. The number of ether oxygens (including phenoxy) is 2. The molecule has 1 aliphatic rings. The number of furan rings is 1. The maximum Gasteiger partial charge on any atom is 0.160 e. The molecule has 5 heterocycles. The lowest BCUT2D eigenvalue weighted by atomic mass is 9.95. The number of benzene rings is 2. The molecule has 2 aromatic carbocycles. The van der Waals surface area contributed by atoms with Crippen LogP contribution in [0.25, 0.3) is 55.8 Å². The van der Waals surface area contributed by atoms with Gasteiger partial charge in [0.25, 0.3) is 0 Å². The van der Waals surface area contributed by atoms with Crippen LogP contribution in [0.5, 0.6) is 5.75 Å². The molecule has 0 spiro atoms. The van der Waals surface area contributed by atoms with Gasteiger partial charge in [-0.2, -0.15) is 5.10 Å². The summed E-state index contributed by atoms with van der Waals surface area (Å²) in [4.78, 5) is 9.83. The van der Waals surface area contributed by atoms with E-state index in [9.17, 15) is 4.39 Å². The summed E-state index contributed by atoms with van der Waals surface area (Å²) >= 11 is 0. The van der Waals surface area contributed by atoms with Crippen molar-refractivity contribution < 1.29 is 22.7 Å². The lowest BCUT2D eigenvalue weighted by molar-refractivity contribution is 0.146. The van der Waals surface area contributed by atoms with Gasteiger partial charge in [-0.3, -0.25) is 4.68 Å². The highest BCUT2D eigenvalue weighted by atomic mass is 19.1. The molecule has 0 saturated carbocycles. The minimum Gasteiger partial charge on any atom is -0.490 e. The third-order valence-electron chi connectivity index (χ3n) is 8.07. The van der Waals surface area contributed by atoms with Gasteiger partial charge in [-0.15, -0.1) is 0 Å². The summed E-state index contributed by atoms with van der Waals surface area (Å²) in [5, 5.41) is 8.96. The summed E-state index contributed by atoms with van der Waals surface area (Å²) in [6.07, 6.45) is 1.55. The number of halogens is 2. The highest BCUT2D eigenvalue weighted by Crippen LogP contribution is 2.46. The number of nitrogens with one attached hydrogen (secondary N) is 1. The van der Waals surface area contributed by atoms with Gasteiger partial charge in [-0.25, -0.2) is 18.7 Å². The zero-order valence-corrected chi connectivity index (χ0v) is 24.2. The molecule has 0 amide bonds. The van der Waals surface area contributed by atoms with E-state index in [-0.39, 0.29) is 30.6 Å². The van der Waals surface area contributed by atoms with Gasteiger partial charge >= 0.3 is 0 Å². The number of aryl methyl sites for hydroxylation is 2. The van der Waals surface area contributed by atoms with Crippen LogP contribution >= 0.6 is 0 Å². The van der Waals surface area contributed by atoms with Crippen molar-refractivity contribution >= 4 is 22.0 Å². The Labute approximate surface area is 246 Å². The lowest BCUT2D eigenvalue weighted by Crippen LogP contribution is -2.31. The predicted octanol–water partition coefficient (Wildman–Crippen LogP) is 6.19. The number of imidazole rings is 1. The first-order chi connectivity index (χ1) is 20.8. The number of nitrogens with zero attached hydrogens (tertiary/aromatic N) is 5. The maximum atomic E-state index is 15.9. The van der Waals surface area contributed by atoms with Crippen molar-refractivity contribution in [1.29, 1.82) is 0 Å². The molecule has 220 valence electrons. The number of hydrogen-bond acceptors (Lipinski definition) is 7. The smallest absolute Gasteiger partial charge is 0.160 e. The minimum absolute atomic E-state index is 0.0391. The Hall–Kier alpha value is -4.61.